The van der Waals surface area contributed by atoms with Crippen LogP contribution in [0.2, 0.25) is 0 Å². The van der Waals surface area contributed by atoms with Crippen molar-refractivity contribution in [2.45, 2.75) is 57.1 Å². The molecule has 0 bridgehead atoms. The lowest BCUT2D eigenvalue weighted by Crippen LogP contribution is -2.45. The quantitative estimate of drug-likeness (QED) is 0.840. The summed E-state index contributed by atoms with van der Waals surface area (Å²) >= 11 is 0. The van der Waals surface area contributed by atoms with Crippen LogP contribution in [0.4, 0.5) is 0 Å². The van der Waals surface area contributed by atoms with E-state index < -0.39 is 15.6 Å². The first kappa shape index (κ1) is 19.1. The van der Waals surface area contributed by atoms with Crippen LogP contribution in [-0.2, 0) is 27.6 Å². The van der Waals surface area contributed by atoms with Crippen LogP contribution in [-0.4, -0.2) is 37.5 Å². The molecule has 1 aromatic heterocycles. The highest BCUT2D eigenvalue weighted by atomic mass is 32.2. The van der Waals surface area contributed by atoms with Crippen molar-refractivity contribution in [3.63, 3.8) is 0 Å². The summed E-state index contributed by atoms with van der Waals surface area (Å²) in [6.45, 7) is 7.73. The van der Waals surface area contributed by atoms with Crippen LogP contribution in [0.15, 0.2) is 29.2 Å². The largest absolute Gasteiger partial charge is 0.376 e. The Bertz CT molecular complexity index is 891. The minimum Gasteiger partial charge on any atom is -0.376 e. The molecule has 0 saturated carbocycles. The highest BCUT2D eigenvalue weighted by Crippen LogP contribution is 2.32. The van der Waals surface area contributed by atoms with Gasteiger partial charge in [0, 0.05) is 32.5 Å². The summed E-state index contributed by atoms with van der Waals surface area (Å²) < 4.78 is 36.2. The Morgan fingerprint density at radius 1 is 1.23 bits per heavy atom. The van der Waals surface area contributed by atoms with Crippen molar-refractivity contribution in [2.75, 3.05) is 13.7 Å². The zero-order valence-corrected chi connectivity index (χ0v) is 16.9. The van der Waals surface area contributed by atoms with Crippen LogP contribution >= 0.6 is 0 Å². The lowest BCUT2D eigenvalue weighted by Gasteiger charge is -2.27. The minimum atomic E-state index is -3.67. The third-order valence-corrected chi connectivity index (χ3v) is 6.83. The van der Waals surface area contributed by atoms with Crippen LogP contribution in [0.3, 0.4) is 0 Å². The van der Waals surface area contributed by atoms with Crippen molar-refractivity contribution in [3.8, 4) is 0 Å². The standard InChI is InChI=1S/C19H27N3O3S/c1-13(2)22-15(4)18(14(3)21-22)26(23,24)20-12-19(25-5)10-16-8-6-7-9-17(16)11-19/h6-9,13,20H,10-12H2,1-5H3. The number of fused-ring (bicyclic) bond motifs is 1. The molecule has 0 atom stereocenters. The molecule has 2 aromatic rings. The van der Waals surface area contributed by atoms with E-state index in [2.05, 4.69) is 22.0 Å². The van der Waals surface area contributed by atoms with E-state index in [4.69, 9.17) is 4.74 Å². The van der Waals surface area contributed by atoms with Gasteiger partial charge in [-0.25, -0.2) is 13.1 Å². The Morgan fingerprint density at radius 3 is 2.27 bits per heavy atom. The summed E-state index contributed by atoms with van der Waals surface area (Å²) in [6, 6.07) is 8.26. The summed E-state index contributed by atoms with van der Waals surface area (Å²) in [5, 5.41) is 4.39. The molecule has 1 aliphatic rings. The number of ether oxygens (including phenoxy) is 1. The Morgan fingerprint density at radius 2 is 1.81 bits per heavy atom. The predicted molar refractivity (Wildman–Crippen MR) is 101 cm³/mol. The van der Waals surface area contributed by atoms with Crippen LogP contribution in [0.1, 0.15) is 42.4 Å². The zero-order valence-electron chi connectivity index (χ0n) is 16.0. The molecule has 142 valence electrons. The molecule has 0 radical (unpaired) electrons. The van der Waals surface area contributed by atoms with Gasteiger partial charge in [-0.05, 0) is 38.8 Å². The number of aryl methyl sites for hydroxylation is 1. The molecule has 0 saturated heterocycles. The highest BCUT2D eigenvalue weighted by Gasteiger charge is 2.39. The molecular weight excluding hydrogens is 350 g/mol. The van der Waals surface area contributed by atoms with E-state index in [-0.39, 0.29) is 17.5 Å². The third kappa shape index (κ3) is 3.31. The maximum Gasteiger partial charge on any atom is 0.244 e. The van der Waals surface area contributed by atoms with Crippen molar-refractivity contribution in [1.82, 2.24) is 14.5 Å². The van der Waals surface area contributed by atoms with E-state index in [0.29, 0.717) is 24.2 Å². The summed E-state index contributed by atoms with van der Waals surface area (Å²) in [5.41, 5.74) is 3.06. The van der Waals surface area contributed by atoms with Gasteiger partial charge >= 0.3 is 0 Å². The Balaban J connectivity index is 1.83. The number of aromatic nitrogens is 2. The molecule has 3 rings (SSSR count). The highest BCUT2D eigenvalue weighted by molar-refractivity contribution is 7.89. The van der Waals surface area contributed by atoms with Crippen LogP contribution in [0, 0.1) is 13.8 Å². The number of hydrogen-bond donors (Lipinski definition) is 1. The second kappa shape index (κ2) is 6.79. The lowest BCUT2D eigenvalue weighted by molar-refractivity contribution is 0.00378. The van der Waals surface area contributed by atoms with Gasteiger partial charge in [-0.1, -0.05) is 24.3 Å². The number of rotatable bonds is 6. The summed E-state index contributed by atoms with van der Waals surface area (Å²) in [6.07, 6.45) is 1.40. The van der Waals surface area contributed by atoms with Crippen molar-refractivity contribution in [3.05, 3.63) is 46.8 Å². The Hall–Kier alpha value is -1.70. The first-order chi connectivity index (χ1) is 12.2. The van der Waals surface area contributed by atoms with Crippen molar-refractivity contribution < 1.29 is 13.2 Å². The zero-order chi connectivity index (χ0) is 19.1. The average molecular weight is 378 g/mol. The number of methoxy groups -OCH3 is 1. The maximum atomic E-state index is 13.0. The second-order valence-corrected chi connectivity index (χ2v) is 9.08. The molecule has 0 fully saturated rings. The normalized spacial score (nSPS) is 16.2. The van der Waals surface area contributed by atoms with Gasteiger partial charge in [0.2, 0.25) is 10.0 Å². The summed E-state index contributed by atoms with van der Waals surface area (Å²) in [4.78, 5) is 0.271. The predicted octanol–water partition coefficient (Wildman–Crippen LogP) is 2.54. The fraction of sp³-hybridized carbons (Fsp3) is 0.526. The van der Waals surface area contributed by atoms with Crippen molar-refractivity contribution in [1.29, 1.82) is 0 Å². The SMILES string of the molecule is COC1(CNS(=O)(=O)c2c(C)nn(C(C)C)c2C)Cc2ccccc2C1. The van der Waals surface area contributed by atoms with E-state index in [1.165, 1.54) is 11.1 Å². The molecule has 7 heteroatoms. The second-order valence-electron chi connectivity index (χ2n) is 7.37. The molecule has 1 heterocycles. The summed E-state index contributed by atoms with van der Waals surface area (Å²) in [5.74, 6) is 0. The first-order valence-electron chi connectivity index (χ1n) is 8.86. The smallest absolute Gasteiger partial charge is 0.244 e. The van der Waals surface area contributed by atoms with E-state index in [0.717, 1.165) is 0 Å². The molecule has 6 nitrogen and oxygen atoms in total. The maximum absolute atomic E-state index is 13.0. The third-order valence-electron chi connectivity index (χ3n) is 5.18. The number of nitrogens with zero attached hydrogens (tertiary/aromatic N) is 2. The molecule has 0 aliphatic heterocycles. The van der Waals surface area contributed by atoms with Crippen molar-refractivity contribution >= 4 is 10.0 Å². The molecule has 26 heavy (non-hydrogen) atoms. The molecule has 0 amide bonds. The van der Waals surface area contributed by atoms with E-state index in [1.807, 2.05) is 26.0 Å². The molecule has 1 aliphatic carbocycles. The van der Waals surface area contributed by atoms with Crippen molar-refractivity contribution in [2.24, 2.45) is 0 Å². The Kier molecular flexibility index (Phi) is 4.98. The van der Waals surface area contributed by atoms with Crippen LogP contribution < -0.4 is 4.72 Å². The molecule has 1 aromatic carbocycles. The van der Waals surface area contributed by atoms with Crippen LogP contribution in [0.5, 0.6) is 0 Å². The molecule has 0 spiro atoms. The first-order valence-corrected chi connectivity index (χ1v) is 10.3. The van der Waals surface area contributed by atoms with Gasteiger partial charge < -0.3 is 4.74 Å². The number of sulfonamides is 1. The minimum absolute atomic E-state index is 0.104. The molecule has 1 N–H and O–H groups in total. The summed E-state index contributed by atoms with van der Waals surface area (Å²) in [7, 11) is -2.02. The van der Waals surface area contributed by atoms with E-state index >= 15 is 0 Å². The topological polar surface area (TPSA) is 73.2 Å². The van der Waals surface area contributed by atoms with Gasteiger partial charge in [0.05, 0.1) is 17.0 Å². The van der Waals surface area contributed by atoms with Crippen LogP contribution in [0.25, 0.3) is 0 Å². The van der Waals surface area contributed by atoms with E-state index in [9.17, 15) is 8.42 Å². The number of benzene rings is 1. The fourth-order valence-corrected chi connectivity index (χ4v) is 5.35. The fourth-order valence-electron chi connectivity index (χ4n) is 3.84. The molecular formula is C19H27N3O3S. The number of nitrogens with one attached hydrogen (secondary N) is 1. The molecule has 0 unspecified atom stereocenters. The van der Waals surface area contributed by atoms with Gasteiger partial charge in [-0.2, -0.15) is 5.10 Å². The van der Waals surface area contributed by atoms with E-state index in [1.54, 1.807) is 25.6 Å². The monoisotopic (exact) mass is 377 g/mol. The van der Waals surface area contributed by atoms with Gasteiger partial charge in [0.15, 0.2) is 0 Å². The lowest BCUT2D eigenvalue weighted by atomic mass is 10.0. The average Bonchev–Trinajstić information content (AvgIpc) is 3.11. The van der Waals surface area contributed by atoms with Gasteiger partial charge in [0.1, 0.15) is 4.90 Å². The Labute approximate surface area is 155 Å². The number of hydrogen-bond acceptors (Lipinski definition) is 4. The van der Waals surface area contributed by atoms with Gasteiger partial charge in [-0.3, -0.25) is 4.68 Å². The van der Waals surface area contributed by atoms with Gasteiger partial charge in [-0.15, -0.1) is 0 Å². The van der Waals surface area contributed by atoms with Gasteiger partial charge in [0.25, 0.3) is 0 Å².